The lowest BCUT2D eigenvalue weighted by atomic mass is 10.2. The van der Waals surface area contributed by atoms with Crippen LogP contribution in [0.2, 0.25) is 5.02 Å². The highest BCUT2D eigenvalue weighted by Gasteiger charge is 2.17. The number of esters is 1. The number of hydrogen-bond acceptors (Lipinski definition) is 6. The molecule has 0 spiro atoms. The molecule has 5 nitrogen and oxygen atoms in total. The largest absolute Gasteiger partial charge is 0.493 e. The topological polar surface area (TPSA) is 57.7 Å². The summed E-state index contributed by atoms with van der Waals surface area (Å²) in [5.74, 6) is 0.287. The monoisotopic (exact) mass is 341 g/mol. The van der Waals surface area contributed by atoms with E-state index in [2.05, 4.69) is 4.98 Å². The number of aryl methyl sites for hydroxylation is 2. The number of ether oxygens (including phenoxy) is 3. The van der Waals surface area contributed by atoms with Gasteiger partial charge in [-0.1, -0.05) is 11.6 Å². The van der Waals surface area contributed by atoms with Gasteiger partial charge in [0.15, 0.2) is 11.5 Å². The van der Waals surface area contributed by atoms with E-state index >= 15 is 0 Å². The van der Waals surface area contributed by atoms with Crippen molar-refractivity contribution in [3.05, 3.63) is 38.3 Å². The molecule has 0 amide bonds. The standard InChI is InChI=1S/C15H16ClNO4S/c1-8-13(22-9(2)17-8)7-21-15(18)10-5-11(16)14(20-4)12(6-10)19-3/h5-6H,7H2,1-4H3. The molecule has 2 rings (SSSR count). The highest BCUT2D eigenvalue weighted by Crippen LogP contribution is 2.36. The van der Waals surface area contributed by atoms with Crippen LogP contribution in [0.3, 0.4) is 0 Å². The predicted octanol–water partition coefficient (Wildman–Crippen LogP) is 3.79. The summed E-state index contributed by atoms with van der Waals surface area (Å²) in [5, 5.41) is 1.23. The normalized spacial score (nSPS) is 10.4. The van der Waals surface area contributed by atoms with E-state index in [0.717, 1.165) is 15.6 Å². The Morgan fingerprint density at radius 3 is 2.55 bits per heavy atom. The van der Waals surface area contributed by atoms with Gasteiger partial charge in [-0.2, -0.15) is 0 Å². The average molecular weight is 342 g/mol. The van der Waals surface area contributed by atoms with Gasteiger partial charge in [-0.15, -0.1) is 11.3 Å². The van der Waals surface area contributed by atoms with Gasteiger partial charge in [-0.25, -0.2) is 9.78 Å². The number of thiazole rings is 1. The molecule has 7 heteroatoms. The fourth-order valence-corrected chi connectivity index (χ4v) is 3.10. The van der Waals surface area contributed by atoms with Crippen LogP contribution in [-0.4, -0.2) is 25.2 Å². The second kappa shape index (κ2) is 6.98. The number of nitrogens with zero attached hydrogens (tertiary/aromatic N) is 1. The lowest BCUT2D eigenvalue weighted by Crippen LogP contribution is -2.06. The predicted molar refractivity (Wildman–Crippen MR) is 85.3 cm³/mol. The van der Waals surface area contributed by atoms with Gasteiger partial charge in [0.25, 0.3) is 0 Å². The van der Waals surface area contributed by atoms with Crippen LogP contribution >= 0.6 is 22.9 Å². The van der Waals surface area contributed by atoms with Gasteiger partial charge < -0.3 is 14.2 Å². The summed E-state index contributed by atoms with van der Waals surface area (Å²) < 4.78 is 15.6. The van der Waals surface area contributed by atoms with Gasteiger partial charge in [0.2, 0.25) is 0 Å². The Kier molecular flexibility index (Phi) is 5.26. The molecule has 0 aliphatic carbocycles. The van der Waals surface area contributed by atoms with E-state index in [1.807, 2.05) is 13.8 Å². The molecule has 1 aromatic heterocycles. The Labute approximate surface area is 137 Å². The fourth-order valence-electron chi connectivity index (χ4n) is 1.96. The van der Waals surface area contributed by atoms with Gasteiger partial charge in [0, 0.05) is 0 Å². The van der Waals surface area contributed by atoms with Crippen molar-refractivity contribution in [1.82, 2.24) is 4.98 Å². The third-order valence-electron chi connectivity index (χ3n) is 3.00. The molecule has 1 aromatic carbocycles. The molecule has 0 saturated carbocycles. The highest BCUT2D eigenvalue weighted by atomic mass is 35.5. The summed E-state index contributed by atoms with van der Waals surface area (Å²) in [6.45, 7) is 3.99. The molecule has 1 heterocycles. The number of benzene rings is 1. The number of aromatic nitrogens is 1. The number of hydrogen-bond donors (Lipinski definition) is 0. The third-order valence-corrected chi connectivity index (χ3v) is 4.33. The van der Waals surface area contributed by atoms with Crippen molar-refractivity contribution in [3.8, 4) is 11.5 Å². The first kappa shape index (κ1) is 16.6. The van der Waals surface area contributed by atoms with E-state index in [1.54, 1.807) is 0 Å². The van der Waals surface area contributed by atoms with E-state index < -0.39 is 5.97 Å². The maximum Gasteiger partial charge on any atom is 0.338 e. The first-order chi connectivity index (χ1) is 10.5. The molecule has 0 radical (unpaired) electrons. The number of methoxy groups -OCH3 is 2. The lowest BCUT2D eigenvalue weighted by molar-refractivity contribution is 0.0475. The molecule has 118 valence electrons. The van der Waals surface area contributed by atoms with Crippen molar-refractivity contribution in [2.24, 2.45) is 0 Å². The Morgan fingerprint density at radius 1 is 1.27 bits per heavy atom. The average Bonchev–Trinajstić information content (AvgIpc) is 2.81. The van der Waals surface area contributed by atoms with Crippen LogP contribution in [-0.2, 0) is 11.3 Å². The summed E-state index contributed by atoms with van der Waals surface area (Å²) in [7, 11) is 2.96. The van der Waals surface area contributed by atoms with E-state index in [-0.39, 0.29) is 6.61 Å². The van der Waals surface area contributed by atoms with E-state index in [0.29, 0.717) is 22.1 Å². The summed E-state index contributed by atoms with van der Waals surface area (Å²) >= 11 is 7.59. The Morgan fingerprint density at radius 2 is 2.00 bits per heavy atom. The molecule has 0 aliphatic rings. The van der Waals surface area contributed by atoms with Crippen LogP contribution in [0, 0.1) is 13.8 Å². The summed E-state index contributed by atoms with van der Waals surface area (Å²) in [6, 6.07) is 3.04. The molecule has 0 saturated heterocycles. The Bertz CT molecular complexity index is 699. The second-order valence-electron chi connectivity index (χ2n) is 4.51. The van der Waals surface area contributed by atoms with Crippen molar-refractivity contribution in [2.45, 2.75) is 20.5 Å². The summed E-state index contributed by atoms with van der Waals surface area (Å²) in [4.78, 5) is 17.4. The van der Waals surface area contributed by atoms with Crippen molar-refractivity contribution in [3.63, 3.8) is 0 Å². The van der Waals surface area contributed by atoms with Gasteiger partial charge in [-0.3, -0.25) is 0 Å². The molecule has 0 aliphatic heterocycles. The molecule has 0 fully saturated rings. The van der Waals surface area contributed by atoms with Crippen LogP contribution < -0.4 is 9.47 Å². The molecule has 0 N–H and O–H groups in total. The maximum absolute atomic E-state index is 12.2. The first-order valence-corrected chi connectivity index (χ1v) is 7.67. The van der Waals surface area contributed by atoms with Crippen LogP contribution in [0.4, 0.5) is 0 Å². The molecule has 22 heavy (non-hydrogen) atoms. The molecular weight excluding hydrogens is 326 g/mol. The number of carbonyl (C=O) groups excluding carboxylic acids is 1. The second-order valence-corrected chi connectivity index (χ2v) is 6.21. The smallest absolute Gasteiger partial charge is 0.338 e. The molecule has 0 unspecified atom stereocenters. The van der Waals surface area contributed by atoms with Crippen LogP contribution in [0.15, 0.2) is 12.1 Å². The summed E-state index contributed by atoms with van der Waals surface area (Å²) in [5.41, 5.74) is 1.18. The zero-order chi connectivity index (χ0) is 16.3. The van der Waals surface area contributed by atoms with Crippen LogP contribution in [0.25, 0.3) is 0 Å². The third kappa shape index (κ3) is 3.51. The highest BCUT2D eigenvalue weighted by molar-refractivity contribution is 7.11. The molecule has 0 atom stereocenters. The minimum absolute atomic E-state index is 0.183. The van der Waals surface area contributed by atoms with Gasteiger partial charge in [0.05, 0.1) is 40.4 Å². The molecular formula is C15H16ClNO4S. The maximum atomic E-state index is 12.2. The van der Waals surface area contributed by atoms with Crippen molar-refractivity contribution >= 4 is 28.9 Å². The van der Waals surface area contributed by atoms with Gasteiger partial charge in [0.1, 0.15) is 6.61 Å². The van der Waals surface area contributed by atoms with Crippen molar-refractivity contribution in [1.29, 1.82) is 0 Å². The van der Waals surface area contributed by atoms with Crippen molar-refractivity contribution in [2.75, 3.05) is 14.2 Å². The Hall–Kier alpha value is -1.79. The minimum atomic E-state index is -0.478. The van der Waals surface area contributed by atoms with Gasteiger partial charge in [-0.05, 0) is 26.0 Å². The zero-order valence-corrected chi connectivity index (χ0v) is 14.3. The fraction of sp³-hybridized carbons (Fsp3) is 0.333. The SMILES string of the molecule is COc1cc(C(=O)OCc2sc(C)nc2C)cc(Cl)c1OC. The zero-order valence-electron chi connectivity index (χ0n) is 12.7. The number of halogens is 1. The summed E-state index contributed by atoms with van der Waals surface area (Å²) in [6.07, 6.45) is 0. The van der Waals surface area contributed by atoms with Crippen LogP contribution in [0.1, 0.15) is 25.9 Å². The molecule has 2 aromatic rings. The number of carbonyl (C=O) groups is 1. The molecule has 0 bridgehead atoms. The lowest BCUT2D eigenvalue weighted by Gasteiger charge is -2.11. The quantitative estimate of drug-likeness (QED) is 0.774. The van der Waals surface area contributed by atoms with Crippen molar-refractivity contribution < 1.29 is 19.0 Å². The van der Waals surface area contributed by atoms with E-state index in [9.17, 15) is 4.79 Å². The van der Waals surface area contributed by atoms with Gasteiger partial charge >= 0.3 is 5.97 Å². The Balaban J connectivity index is 2.16. The first-order valence-electron chi connectivity index (χ1n) is 6.47. The van der Waals surface area contributed by atoms with Crippen LogP contribution in [0.5, 0.6) is 11.5 Å². The minimum Gasteiger partial charge on any atom is -0.493 e. The van der Waals surface area contributed by atoms with E-state index in [1.165, 1.54) is 37.7 Å². The number of rotatable bonds is 5. The van der Waals surface area contributed by atoms with E-state index in [4.69, 9.17) is 25.8 Å².